The number of nitrogens with zero attached hydrogens (tertiary/aromatic N) is 4. The summed E-state index contributed by atoms with van der Waals surface area (Å²) >= 11 is 0. The van der Waals surface area contributed by atoms with Crippen molar-refractivity contribution in [2.75, 3.05) is 18.0 Å². The third kappa shape index (κ3) is 2.53. The second-order valence-electron chi connectivity index (χ2n) is 5.09. The maximum absolute atomic E-state index is 11.4. The third-order valence-corrected chi connectivity index (χ3v) is 3.42. The second kappa shape index (κ2) is 6.03. The highest BCUT2D eigenvalue weighted by Gasteiger charge is 2.16. The Labute approximate surface area is 119 Å². The molecule has 0 unspecified atom stereocenters. The van der Waals surface area contributed by atoms with Crippen molar-refractivity contribution in [2.24, 2.45) is 7.05 Å². The molecule has 0 saturated carbocycles. The minimum Gasteiger partial charge on any atom is -0.356 e. The quantitative estimate of drug-likeness (QED) is 0.760. The van der Waals surface area contributed by atoms with Gasteiger partial charge in [-0.25, -0.2) is 4.98 Å². The molecule has 2 aromatic heterocycles. The van der Waals surface area contributed by atoms with Crippen molar-refractivity contribution >= 4 is 23.1 Å². The van der Waals surface area contributed by atoms with Gasteiger partial charge in [-0.05, 0) is 25.8 Å². The first kappa shape index (κ1) is 14.5. The zero-order valence-electron chi connectivity index (χ0n) is 12.7. The van der Waals surface area contributed by atoms with Gasteiger partial charge in [0, 0.05) is 25.5 Å². The second-order valence-corrected chi connectivity index (χ2v) is 5.09. The van der Waals surface area contributed by atoms with Gasteiger partial charge in [-0.15, -0.1) is 0 Å². The largest absolute Gasteiger partial charge is 0.356 e. The lowest BCUT2D eigenvalue weighted by atomic mass is 10.2. The van der Waals surface area contributed by atoms with Gasteiger partial charge in [-0.2, -0.15) is 5.10 Å². The van der Waals surface area contributed by atoms with E-state index in [4.69, 9.17) is 4.98 Å². The van der Waals surface area contributed by atoms with Crippen LogP contribution in [-0.2, 0) is 7.05 Å². The van der Waals surface area contributed by atoms with Crippen LogP contribution in [0.5, 0.6) is 0 Å². The molecule has 0 atom stereocenters. The number of hydrogen-bond donors (Lipinski definition) is 0. The lowest BCUT2D eigenvalue weighted by molar-refractivity contribution is 0.112. The fraction of sp³-hybridized carbons (Fsp3) is 0.533. The Balaban J connectivity index is 2.60. The Morgan fingerprint density at radius 1 is 1.30 bits per heavy atom. The molecule has 0 radical (unpaired) electrons. The Bertz CT molecular complexity index is 612. The monoisotopic (exact) mass is 274 g/mol. The first-order valence-corrected chi connectivity index (χ1v) is 7.16. The molecule has 0 aliphatic heterocycles. The summed E-state index contributed by atoms with van der Waals surface area (Å²) in [6.07, 6.45) is 2.96. The van der Waals surface area contributed by atoms with Crippen LogP contribution in [0.2, 0.25) is 0 Å². The lowest BCUT2D eigenvalue weighted by Gasteiger charge is -2.24. The highest BCUT2D eigenvalue weighted by molar-refractivity contribution is 5.91. The van der Waals surface area contributed by atoms with Gasteiger partial charge in [0.25, 0.3) is 0 Å². The SMILES string of the molecule is CCCN(CCC)c1nc2c(cc1C=O)c(C)nn2C. The van der Waals surface area contributed by atoms with Crippen LogP contribution >= 0.6 is 0 Å². The van der Waals surface area contributed by atoms with Crippen molar-refractivity contribution in [1.82, 2.24) is 14.8 Å². The van der Waals surface area contributed by atoms with E-state index in [1.807, 2.05) is 20.0 Å². The number of aryl methyl sites for hydroxylation is 2. The first-order valence-electron chi connectivity index (χ1n) is 7.16. The lowest BCUT2D eigenvalue weighted by Crippen LogP contribution is -2.27. The van der Waals surface area contributed by atoms with Gasteiger partial charge >= 0.3 is 0 Å². The van der Waals surface area contributed by atoms with Gasteiger partial charge in [0.1, 0.15) is 5.82 Å². The number of hydrogen-bond acceptors (Lipinski definition) is 4. The summed E-state index contributed by atoms with van der Waals surface area (Å²) in [6, 6.07) is 1.91. The number of pyridine rings is 1. The van der Waals surface area contributed by atoms with Crippen LogP contribution in [0.1, 0.15) is 42.7 Å². The molecular weight excluding hydrogens is 252 g/mol. The molecule has 2 heterocycles. The van der Waals surface area contributed by atoms with Crippen LogP contribution in [0.25, 0.3) is 11.0 Å². The van der Waals surface area contributed by atoms with E-state index in [2.05, 4.69) is 23.8 Å². The highest BCUT2D eigenvalue weighted by Crippen LogP contribution is 2.24. The third-order valence-electron chi connectivity index (χ3n) is 3.42. The summed E-state index contributed by atoms with van der Waals surface area (Å²) in [5.41, 5.74) is 2.39. The Morgan fingerprint density at radius 2 is 1.95 bits per heavy atom. The van der Waals surface area contributed by atoms with Crippen molar-refractivity contribution < 1.29 is 4.79 Å². The topological polar surface area (TPSA) is 51.0 Å². The summed E-state index contributed by atoms with van der Waals surface area (Å²) < 4.78 is 1.78. The normalized spacial score (nSPS) is 11.0. The number of carbonyl (C=O) groups is 1. The summed E-state index contributed by atoms with van der Waals surface area (Å²) in [7, 11) is 1.89. The number of rotatable bonds is 6. The number of fused-ring (bicyclic) bond motifs is 1. The zero-order chi connectivity index (χ0) is 14.7. The summed E-state index contributed by atoms with van der Waals surface area (Å²) in [5, 5.41) is 5.33. The number of carbonyl (C=O) groups excluding carboxylic acids is 1. The van der Waals surface area contributed by atoms with Crippen LogP contribution in [-0.4, -0.2) is 34.1 Å². The molecule has 0 N–H and O–H groups in total. The highest BCUT2D eigenvalue weighted by atomic mass is 16.1. The Morgan fingerprint density at radius 3 is 2.50 bits per heavy atom. The zero-order valence-corrected chi connectivity index (χ0v) is 12.7. The van der Waals surface area contributed by atoms with Crippen LogP contribution in [0.15, 0.2) is 6.07 Å². The smallest absolute Gasteiger partial charge is 0.160 e. The van der Waals surface area contributed by atoms with Gasteiger partial charge in [0.05, 0.1) is 11.3 Å². The molecule has 0 amide bonds. The molecule has 0 spiro atoms. The molecule has 108 valence electrons. The summed E-state index contributed by atoms with van der Waals surface area (Å²) in [5.74, 6) is 0.777. The molecule has 5 heteroatoms. The van der Waals surface area contributed by atoms with Crippen molar-refractivity contribution in [2.45, 2.75) is 33.6 Å². The van der Waals surface area contributed by atoms with E-state index >= 15 is 0 Å². The summed E-state index contributed by atoms with van der Waals surface area (Å²) in [4.78, 5) is 18.3. The van der Waals surface area contributed by atoms with E-state index in [1.165, 1.54) is 0 Å². The van der Waals surface area contributed by atoms with Gasteiger partial charge < -0.3 is 4.90 Å². The minimum absolute atomic E-state index is 0.649. The van der Waals surface area contributed by atoms with Gasteiger partial charge in [-0.1, -0.05) is 13.8 Å². The van der Waals surface area contributed by atoms with E-state index in [9.17, 15) is 4.79 Å². The minimum atomic E-state index is 0.649. The number of aromatic nitrogens is 3. The predicted octanol–water partition coefficient (Wildman–Crippen LogP) is 2.72. The van der Waals surface area contributed by atoms with E-state index in [0.717, 1.165) is 54.8 Å². The van der Waals surface area contributed by atoms with Gasteiger partial charge in [-0.3, -0.25) is 9.48 Å². The van der Waals surface area contributed by atoms with E-state index in [-0.39, 0.29) is 0 Å². The maximum Gasteiger partial charge on any atom is 0.160 e. The molecule has 0 aromatic carbocycles. The fourth-order valence-corrected chi connectivity index (χ4v) is 2.55. The van der Waals surface area contributed by atoms with Crippen LogP contribution < -0.4 is 4.90 Å². The van der Waals surface area contributed by atoms with E-state index in [0.29, 0.717) is 5.56 Å². The van der Waals surface area contributed by atoms with Crippen molar-refractivity contribution in [3.05, 3.63) is 17.3 Å². The van der Waals surface area contributed by atoms with Crippen LogP contribution in [0, 0.1) is 6.92 Å². The molecule has 0 saturated heterocycles. The molecule has 0 fully saturated rings. The molecule has 0 bridgehead atoms. The van der Waals surface area contributed by atoms with Crippen molar-refractivity contribution in [3.63, 3.8) is 0 Å². The molecular formula is C15H22N4O. The molecule has 2 aromatic rings. The predicted molar refractivity (Wildman–Crippen MR) is 81.4 cm³/mol. The molecule has 20 heavy (non-hydrogen) atoms. The number of anilines is 1. The fourth-order valence-electron chi connectivity index (χ4n) is 2.55. The maximum atomic E-state index is 11.4. The molecule has 0 aliphatic rings. The van der Waals surface area contributed by atoms with Crippen molar-refractivity contribution in [3.8, 4) is 0 Å². The first-order chi connectivity index (χ1) is 9.62. The average molecular weight is 274 g/mol. The van der Waals surface area contributed by atoms with Gasteiger partial charge in [0.15, 0.2) is 11.9 Å². The molecule has 5 nitrogen and oxygen atoms in total. The van der Waals surface area contributed by atoms with E-state index in [1.54, 1.807) is 4.68 Å². The molecule has 0 aliphatic carbocycles. The van der Waals surface area contributed by atoms with Gasteiger partial charge in [0.2, 0.25) is 0 Å². The van der Waals surface area contributed by atoms with Crippen LogP contribution in [0.4, 0.5) is 5.82 Å². The average Bonchev–Trinajstić information content (AvgIpc) is 2.72. The Hall–Kier alpha value is -1.91. The Kier molecular flexibility index (Phi) is 4.37. The van der Waals surface area contributed by atoms with Crippen LogP contribution in [0.3, 0.4) is 0 Å². The summed E-state index contributed by atoms with van der Waals surface area (Å²) in [6.45, 7) is 8.02. The molecule has 2 rings (SSSR count). The standard InChI is InChI=1S/C15H22N4O/c1-5-7-19(8-6-2)14-12(10-20)9-13-11(3)17-18(4)15(13)16-14/h9-10H,5-8H2,1-4H3. The van der Waals surface area contributed by atoms with Crippen molar-refractivity contribution in [1.29, 1.82) is 0 Å². The van der Waals surface area contributed by atoms with E-state index < -0.39 is 0 Å². The number of aldehydes is 1.